The Balaban J connectivity index is 2.09. The number of rotatable bonds is 4. The van der Waals surface area contributed by atoms with Crippen molar-refractivity contribution in [1.29, 1.82) is 0 Å². The summed E-state index contributed by atoms with van der Waals surface area (Å²) in [4.78, 5) is 0. The molecule has 0 aliphatic carbocycles. The Labute approximate surface area is 100 Å². The van der Waals surface area contributed by atoms with Gasteiger partial charge in [-0.3, -0.25) is 0 Å². The van der Waals surface area contributed by atoms with E-state index < -0.39 is 0 Å². The first kappa shape index (κ1) is 11.5. The summed E-state index contributed by atoms with van der Waals surface area (Å²) in [6.07, 6.45) is 0. The van der Waals surface area contributed by atoms with E-state index in [0.717, 1.165) is 5.69 Å². The van der Waals surface area contributed by atoms with Gasteiger partial charge in [-0.1, -0.05) is 30.3 Å². The zero-order valence-electron chi connectivity index (χ0n) is 9.61. The van der Waals surface area contributed by atoms with Crippen LogP contribution >= 0.6 is 0 Å². The maximum absolute atomic E-state index is 13.8. The Kier molecular flexibility index (Phi) is 3.60. The minimum atomic E-state index is -0.307. The smallest absolute Gasteiger partial charge is 0.170 e. The number of para-hydroxylation sites is 1. The molecule has 0 spiro atoms. The largest absolute Gasteiger partial charge is 0.494 e. The SMILES string of the molecule is COc1cccc(CNc2ccccc2)c1F. The standard InChI is InChI=1S/C14H14FNO/c1-17-13-9-5-6-11(14(13)15)10-16-12-7-3-2-4-8-12/h2-9,16H,10H2,1H3. The second kappa shape index (κ2) is 5.34. The highest BCUT2D eigenvalue weighted by molar-refractivity contribution is 5.43. The Morgan fingerprint density at radius 2 is 1.82 bits per heavy atom. The molecule has 0 fully saturated rings. The van der Waals surface area contributed by atoms with Gasteiger partial charge in [-0.2, -0.15) is 0 Å². The van der Waals surface area contributed by atoms with Gasteiger partial charge in [-0.25, -0.2) is 4.39 Å². The predicted molar refractivity (Wildman–Crippen MR) is 66.7 cm³/mol. The van der Waals surface area contributed by atoms with Crippen LogP contribution in [0.3, 0.4) is 0 Å². The lowest BCUT2D eigenvalue weighted by Gasteiger charge is -2.09. The maximum Gasteiger partial charge on any atom is 0.170 e. The molecule has 0 heterocycles. The average Bonchev–Trinajstić information content (AvgIpc) is 2.39. The lowest BCUT2D eigenvalue weighted by molar-refractivity contribution is 0.384. The third kappa shape index (κ3) is 2.75. The first-order chi connectivity index (χ1) is 8.31. The van der Waals surface area contributed by atoms with Crippen molar-refractivity contribution in [3.63, 3.8) is 0 Å². The molecule has 0 amide bonds. The van der Waals surface area contributed by atoms with E-state index in [0.29, 0.717) is 12.1 Å². The second-order valence-corrected chi connectivity index (χ2v) is 3.65. The highest BCUT2D eigenvalue weighted by atomic mass is 19.1. The van der Waals surface area contributed by atoms with Crippen LogP contribution in [0.2, 0.25) is 0 Å². The van der Waals surface area contributed by atoms with Gasteiger partial charge in [0, 0.05) is 17.8 Å². The molecule has 17 heavy (non-hydrogen) atoms. The van der Waals surface area contributed by atoms with Crippen LogP contribution in [0, 0.1) is 5.82 Å². The summed E-state index contributed by atoms with van der Waals surface area (Å²) in [6.45, 7) is 0.438. The fraction of sp³-hybridized carbons (Fsp3) is 0.143. The summed E-state index contributed by atoms with van der Waals surface area (Å²) in [5, 5.41) is 3.16. The van der Waals surface area contributed by atoms with Gasteiger partial charge in [-0.05, 0) is 18.2 Å². The number of hydrogen-bond acceptors (Lipinski definition) is 2. The normalized spacial score (nSPS) is 10.0. The number of halogens is 1. The molecule has 0 saturated heterocycles. The fourth-order valence-corrected chi connectivity index (χ4v) is 1.60. The summed E-state index contributed by atoms with van der Waals surface area (Å²) in [6, 6.07) is 14.8. The molecule has 0 aliphatic rings. The van der Waals surface area contributed by atoms with Crippen molar-refractivity contribution in [2.75, 3.05) is 12.4 Å². The number of methoxy groups -OCH3 is 1. The van der Waals surface area contributed by atoms with E-state index in [4.69, 9.17) is 4.74 Å². The zero-order valence-corrected chi connectivity index (χ0v) is 9.61. The Morgan fingerprint density at radius 1 is 1.06 bits per heavy atom. The minimum absolute atomic E-state index is 0.275. The number of hydrogen-bond donors (Lipinski definition) is 1. The van der Waals surface area contributed by atoms with Crippen LogP contribution in [0.5, 0.6) is 5.75 Å². The molecule has 88 valence electrons. The van der Waals surface area contributed by atoms with Gasteiger partial charge in [0.25, 0.3) is 0 Å². The molecule has 2 aromatic carbocycles. The summed E-state index contributed by atoms with van der Waals surface area (Å²) in [7, 11) is 1.47. The lowest BCUT2D eigenvalue weighted by Crippen LogP contribution is -2.02. The Bertz CT molecular complexity index is 485. The average molecular weight is 231 g/mol. The summed E-state index contributed by atoms with van der Waals surface area (Å²) < 4.78 is 18.7. The maximum atomic E-state index is 13.8. The molecule has 0 unspecified atom stereocenters. The van der Waals surface area contributed by atoms with Gasteiger partial charge in [0.15, 0.2) is 11.6 Å². The van der Waals surface area contributed by atoms with Crippen LogP contribution in [0.15, 0.2) is 48.5 Å². The van der Waals surface area contributed by atoms with E-state index in [1.54, 1.807) is 18.2 Å². The van der Waals surface area contributed by atoms with E-state index in [2.05, 4.69) is 5.32 Å². The van der Waals surface area contributed by atoms with Crippen molar-refractivity contribution in [3.8, 4) is 5.75 Å². The van der Waals surface area contributed by atoms with Crippen LogP contribution in [0.1, 0.15) is 5.56 Å². The van der Waals surface area contributed by atoms with Gasteiger partial charge in [-0.15, -0.1) is 0 Å². The van der Waals surface area contributed by atoms with Crippen molar-refractivity contribution in [1.82, 2.24) is 0 Å². The highest BCUT2D eigenvalue weighted by Crippen LogP contribution is 2.20. The highest BCUT2D eigenvalue weighted by Gasteiger charge is 2.07. The van der Waals surface area contributed by atoms with Gasteiger partial charge >= 0.3 is 0 Å². The monoisotopic (exact) mass is 231 g/mol. The van der Waals surface area contributed by atoms with Crippen molar-refractivity contribution in [3.05, 3.63) is 59.9 Å². The van der Waals surface area contributed by atoms with Gasteiger partial charge in [0.2, 0.25) is 0 Å². The molecule has 0 aromatic heterocycles. The first-order valence-electron chi connectivity index (χ1n) is 5.41. The molecule has 2 nitrogen and oxygen atoms in total. The van der Waals surface area contributed by atoms with Gasteiger partial charge < -0.3 is 10.1 Å². The van der Waals surface area contributed by atoms with Crippen LogP contribution in [0.4, 0.5) is 10.1 Å². The molecule has 0 radical (unpaired) electrons. The molecule has 0 aliphatic heterocycles. The van der Waals surface area contributed by atoms with Gasteiger partial charge in [0.05, 0.1) is 7.11 Å². The molecule has 2 rings (SSSR count). The number of benzene rings is 2. The van der Waals surface area contributed by atoms with Crippen LogP contribution in [-0.4, -0.2) is 7.11 Å². The van der Waals surface area contributed by atoms with Crippen molar-refractivity contribution >= 4 is 5.69 Å². The van der Waals surface area contributed by atoms with Crippen LogP contribution in [0.25, 0.3) is 0 Å². The molecule has 0 atom stereocenters. The summed E-state index contributed by atoms with van der Waals surface area (Å²) in [5.41, 5.74) is 1.56. The summed E-state index contributed by atoms with van der Waals surface area (Å²) in [5.74, 6) is -0.0317. The topological polar surface area (TPSA) is 21.3 Å². The van der Waals surface area contributed by atoms with E-state index in [1.165, 1.54) is 7.11 Å². The van der Waals surface area contributed by atoms with E-state index in [9.17, 15) is 4.39 Å². The molecule has 0 bridgehead atoms. The van der Waals surface area contributed by atoms with Crippen molar-refractivity contribution < 1.29 is 9.13 Å². The fourth-order valence-electron chi connectivity index (χ4n) is 1.60. The zero-order chi connectivity index (χ0) is 12.1. The number of nitrogens with one attached hydrogen (secondary N) is 1. The third-order valence-electron chi connectivity index (χ3n) is 2.52. The lowest BCUT2D eigenvalue weighted by atomic mass is 10.2. The second-order valence-electron chi connectivity index (χ2n) is 3.65. The van der Waals surface area contributed by atoms with Gasteiger partial charge in [0.1, 0.15) is 0 Å². The molecule has 1 N–H and O–H groups in total. The molecular weight excluding hydrogens is 217 g/mol. The van der Waals surface area contributed by atoms with E-state index in [-0.39, 0.29) is 11.6 Å². The predicted octanol–water partition coefficient (Wildman–Crippen LogP) is 3.45. The molecular formula is C14H14FNO. The van der Waals surface area contributed by atoms with Crippen LogP contribution < -0.4 is 10.1 Å². The third-order valence-corrected chi connectivity index (χ3v) is 2.52. The van der Waals surface area contributed by atoms with Crippen molar-refractivity contribution in [2.45, 2.75) is 6.54 Å². The number of ether oxygens (including phenoxy) is 1. The molecule has 0 saturated carbocycles. The summed E-state index contributed by atoms with van der Waals surface area (Å²) >= 11 is 0. The van der Waals surface area contributed by atoms with Crippen molar-refractivity contribution in [2.24, 2.45) is 0 Å². The molecule has 3 heteroatoms. The quantitative estimate of drug-likeness (QED) is 0.870. The molecule has 2 aromatic rings. The van der Waals surface area contributed by atoms with Crippen LogP contribution in [-0.2, 0) is 6.54 Å². The number of anilines is 1. The minimum Gasteiger partial charge on any atom is -0.494 e. The van der Waals surface area contributed by atoms with E-state index in [1.807, 2.05) is 30.3 Å². The Morgan fingerprint density at radius 3 is 2.53 bits per heavy atom. The first-order valence-corrected chi connectivity index (χ1v) is 5.41. The Hall–Kier alpha value is -2.03. The van der Waals surface area contributed by atoms with E-state index >= 15 is 0 Å².